The first kappa shape index (κ1) is 20.4. The summed E-state index contributed by atoms with van der Waals surface area (Å²) in [7, 11) is 0. The average Bonchev–Trinajstić information content (AvgIpc) is 3.33. The number of carbonyl (C=O) groups excluding carboxylic acids is 2. The van der Waals surface area contributed by atoms with Crippen molar-refractivity contribution in [3.8, 4) is 11.4 Å². The highest BCUT2D eigenvalue weighted by Crippen LogP contribution is 2.31. The van der Waals surface area contributed by atoms with Gasteiger partial charge >= 0.3 is 0 Å². The van der Waals surface area contributed by atoms with Gasteiger partial charge < -0.3 is 9.64 Å². The number of para-hydroxylation sites is 1. The van der Waals surface area contributed by atoms with E-state index in [-0.39, 0.29) is 23.7 Å². The summed E-state index contributed by atoms with van der Waals surface area (Å²) in [4.78, 5) is 29.2. The molecule has 1 unspecified atom stereocenters. The van der Waals surface area contributed by atoms with E-state index in [1.165, 1.54) is 4.80 Å². The maximum Gasteiger partial charge on any atom is 0.256 e. The van der Waals surface area contributed by atoms with Crippen molar-refractivity contribution in [2.75, 3.05) is 13.1 Å². The van der Waals surface area contributed by atoms with Crippen LogP contribution in [-0.4, -0.2) is 50.8 Å². The number of carbonyl (C=O) groups is 2. The number of piperidine rings is 1. The first-order valence-electron chi connectivity index (χ1n) is 11.2. The van der Waals surface area contributed by atoms with Gasteiger partial charge in [0.05, 0.1) is 30.2 Å². The summed E-state index contributed by atoms with van der Waals surface area (Å²) in [6.07, 6.45) is 7.91. The fourth-order valence-corrected chi connectivity index (χ4v) is 4.38. The van der Waals surface area contributed by atoms with Gasteiger partial charge in [0.1, 0.15) is 11.9 Å². The number of aromatic nitrogens is 3. The van der Waals surface area contributed by atoms with Gasteiger partial charge in [-0.3, -0.25) is 9.59 Å². The minimum atomic E-state index is -0.114. The number of rotatable bonds is 6. The molecule has 32 heavy (non-hydrogen) atoms. The topological polar surface area (TPSA) is 77.3 Å². The van der Waals surface area contributed by atoms with E-state index in [1.807, 2.05) is 47.4 Å². The summed E-state index contributed by atoms with van der Waals surface area (Å²) >= 11 is 0. The van der Waals surface area contributed by atoms with Crippen molar-refractivity contribution in [1.82, 2.24) is 19.9 Å². The van der Waals surface area contributed by atoms with Gasteiger partial charge in [0.2, 0.25) is 0 Å². The number of likely N-dealkylation sites (tertiary alicyclic amines) is 1. The van der Waals surface area contributed by atoms with E-state index in [1.54, 1.807) is 18.5 Å². The summed E-state index contributed by atoms with van der Waals surface area (Å²) in [5, 5.41) is 8.35. The average molecular weight is 431 g/mol. The third kappa shape index (κ3) is 4.15. The van der Waals surface area contributed by atoms with Crippen molar-refractivity contribution in [2.24, 2.45) is 5.92 Å². The molecule has 1 saturated carbocycles. The number of hydrogen-bond donors (Lipinski definition) is 0. The SMILES string of the molecule is O=C(c1cccc(OC2CCCN(C(=O)c3ccccc3-n3nccn3)C2)c1)C1CCC1. The first-order chi connectivity index (χ1) is 15.7. The van der Waals surface area contributed by atoms with Crippen LogP contribution in [0.1, 0.15) is 52.8 Å². The van der Waals surface area contributed by atoms with E-state index in [9.17, 15) is 9.59 Å². The lowest BCUT2D eigenvalue weighted by atomic mass is 9.80. The van der Waals surface area contributed by atoms with Gasteiger partial charge in [0.25, 0.3) is 5.91 Å². The van der Waals surface area contributed by atoms with E-state index in [2.05, 4.69) is 10.2 Å². The van der Waals surface area contributed by atoms with E-state index in [4.69, 9.17) is 4.74 Å². The van der Waals surface area contributed by atoms with Crippen molar-refractivity contribution in [1.29, 1.82) is 0 Å². The van der Waals surface area contributed by atoms with Gasteiger partial charge in [0.15, 0.2) is 5.78 Å². The molecule has 2 aromatic carbocycles. The molecule has 1 aliphatic heterocycles. The fraction of sp³-hybridized carbons (Fsp3) is 0.360. The predicted octanol–water partition coefficient (Wildman–Crippen LogP) is 3.93. The van der Waals surface area contributed by atoms with E-state index in [0.29, 0.717) is 30.1 Å². The minimum Gasteiger partial charge on any atom is -0.489 e. The second-order valence-corrected chi connectivity index (χ2v) is 8.49. The highest BCUT2D eigenvalue weighted by atomic mass is 16.5. The number of hydrogen-bond acceptors (Lipinski definition) is 5. The maximum absolute atomic E-state index is 13.3. The molecular formula is C25H26N4O3. The zero-order valence-corrected chi connectivity index (χ0v) is 17.9. The Bertz CT molecular complexity index is 1110. The molecule has 164 valence electrons. The highest BCUT2D eigenvalue weighted by molar-refractivity contribution is 5.99. The molecule has 1 aliphatic carbocycles. The Balaban J connectivity index is 1.28. The number of nitrogens with zero attached hydrogens (tertiary/aromatic N) is 4. The monoisotopic (exact) mass is 430 g/mol. The van der Waals surface area contributed by atoms with Crippen LogP contribution in [0.3, 0.4) is 0 Å². The Morgan fingerprint density at radius 2 is 1.75 bits per heavy atom. The summed E-state index contributed by atoms with van der Waals surface area (Å²) in [6, 6.07) is 14.8. The Morgan fingerprint density at radius 1 is 0.938 bits per heavy atom. The standard InChI is InChI=1S/C25H26N4O3/c30-24(18-6-3-7-18)19-8-4-9-20(16-19)32-21-10-5-15-28(17-21)25(31)22-11-1-2-12-23(22)29-26-13-14-27-29/h1-2,4,8-9,11-14,16,18,21H,3,5-7,10,15,17H2. The van der Waals surface area contributed by atoms with Crippen LogP contribution in [0, 0.1) is 5.92 Å². The Hall–Kier alpha value is -3.48. The molecule has 2 heterocycles. The molecule has 7 heteroatoms. The lowest BCUT2D eigenvalue weighted by Gasteiger charge is -2.33. The van der Waals surface area contributed by atoms with E-state index >= 15 is 0 Å². The molecule has 2 fully saturated rings. The normalized spacial score (nSPS) is 18.8. The van der Waals surface area contributed by atoms with Crippen LogP contribution in [0.5, 0.6) is 5.75 Å². The Labute approximate surface area is 187 Å². The summed E-state index contributed by atoms with van der Waals surface area (Å²) in [6.45, 7) is 1.18. The van der Waals surface area contributed by atoms with Gasteiger partial charge in [0, 0.05) is 18.0 Å². The molecule has 0 radical (unpaired) electrons. The van der Waals surface area contributed by atoms with Crippen molar-refractivity contribution >= 4 is 11.7 Å². The number of amides is 1. The molecule has 1 amide bonds. The van der Waals surface area contributed by atoms with Gasteiger partial charge in [-0.15, -0.1) is 0 Å². The molecule has 2 aliphatic rings. The van der Waals surface area contributed by atoms with Crippen LogP contribution in [0.15, 0.2) is 60.9 Å². The summed E-state index contributed by atoms with van der Waals surface area (Å²) in [5.41, 5.74) is 1.95. The predicted molar refractivity (Wildman–Crippen MR) is 119 cm³/mol. The first-order valence-corrected chi connectivity index (χ1v) is 11.2. The van der Waals surface area contributed by atoms with Gasteiger partial charge in [-0.05, 0) is 49.9 Å². The van der Waals surface area contributed by atoms with Crippen molar-refractivity contribution in [2.45, 2.75) is 38.2 Å². The molecular weight excluding hydrogens is 404 g/mol. The smallest absolute Gasteiger partial charge is 0.256 e. The second kappa shape index (κ2) is 8.94. The number of ether oxygens (including phenoxy) is 1. The summed E-state index contributed by atoms with van der Waals surface area (Å²) in [5.74, 6) is 1.01. The molecule has 1 aromatic heterocycles. The van der Waals surface area contributed by atoms with Crippen LogP contribution in [-0.2, 0) is 0 Å². The van der Waals surface area contributed by atoms with Crippen molar-refractivity contribution < 1.29 is 14.3 Å². The van der Waals surface area contributed by atoms with Crippen LogP contribution in [0.4, 0.5) is 0 Å². The summed E-state index contributed by atoms with van der Waals surface area (Å²) < 4.78 is 6.22. The third-order valence-electron chi connectivity index (χ3n) is 6.33. The maximum atomic E-state index is 13.3. The molecule has 0 bridgehead atoms. The van der Waals surface area contributed by atoms with Crippen LogP contribution < -0.4 is 4.74 Å². The molecule has 0 N–H and O–H groups in total. The lowest BCUT2D eigenvalue weighted by molar-refractivity contribution is 0.0537. The zero-order valence-electron chi connectivity index (χ0n) is 17.9. The largest absolute Gasteiger partial charge is 0.489 e. The zero-order chi connectivity index (χ0) is 21.9. The lowest BCUT2D eigenvalue weighted by Crippen LogP contribution is -2.44. The van der Waals surface area contributed by atoms with Crippen molar-refractivity contribution in [3.05, 3.63) is 72.1 Å². The molecule has 5 rings (SSSR count). The molecule has 7 nitrogen and oxygen atoms in total. The van der Waals surface area contributed by atoms with Crippen molar-refractivity contribution in [3.63, 3.8) is 0 Å². The van der Waals surface area contributed by atoms with Gasteiger partial charge in [-0.2, -0.15) is 15.0 Å². The fourth-order valence-electron chi connectivity index (χ4n) is 4.38. The molecule has 3 aromatic rings. The van der Waals surface area contributed by atoms with Crippen LogP contribution in [0.2, 0.25) is 0 Å². The molecule has 1 saturated heterocycles. The molecule has 0 spiro atoms. The van der Waals surface area contributed by atoms with E-state index < -0.39 is 0 Å². The van der Waals surface area contributed by atoms with Gasteiger partial charge in [-0.25, -0.2) is 0 Å². The number of ketones is 1. The quantitative estimate of drug-likeness (QED) is 0.554. The van der Waals surface area contributed by atoms with Crippen LogP contribution >= 0.6 is 0 Å². The van der Waals surface area contributed by atoms with Gasteiger partial charge in [-0.1, -0.05) is 30.7 Å². The Kier molecular flexibility index (Phi) is 5.71. The highest BCUT2D eigenvalue weighted by Gasteiger charge is 2.29. The number of benzene rings is 2. The number of Topliss-reactive ketones (excluding diaryl/α,β-unsaturated/α-hetero) is 1. The van der Waals surface area contributed by atoms with E-state index in [0.717, 1.165) is 37.7 Å². The second-order valence-electron chi connectivity index (χ2n) is 8.49. The van der Waals surface area contributed by atoms with Crippen LogP contribution in [0.25, 0.3) is 5.69 Å². The Morgan fingerprint density at radius 3 is 2.53 bits per heavy atom. The third-order valence-corrected chi connectivity index (χ3v) is 6.33. The molecule has 1 atom stereocenters. The minimum absolute atomic E-state index is 0.0555.